The van der Waals surface area contributed by atoms with Crippen LogP contribution in [0.5, 0.6) is 17.2 Å². The lowest BCUT2D eigenvalue weighted by Gasteiger charge is -2.47. The molecule has 0 aromatic heterocycles. The zero-order valence-corrected chi connectivity index (χ0v) is 20.7. The maximum Gasteiger partial charge on any atom is 0.161 e. The molecule has 0 unspecified atom stereocenters. The average molecular weight is 474 g/mol. The molecule has 1 saturated heterocycles. The number of fused-ring (bicyclic) bond motifs is 2. The summed E-state index contributed by atoms with van der Waals surface area (Å²) in [6.45, 7) is 4.38. The zero-order valence-electron chi connectivity index (χ0n) is 20.7. The maximum absolute atomic E-state index is 10.7. The minimum absolute atomic E-state index is 0.0580. The predicted octanol–water partition coefficient (Wildman–Crippen LogP) is 5.50. The van der Waals surface area contributed by atoms with Crippen molar-refractivity contribution in [2.75, 3.05) is 40.5 Å². The van der Waals surface area contributed by atoms with Gasteiger partial charge in [-0.05, 0) is 60.7 Å². The average Bonchev–Trinajstić information content (AvgIpc) is 2.90. The Hall–Kier alpha value is -3.02. The molecule has 0 bridgehead atoms. The van der Waals surface area contributed by atoms with Crippen molar-refractivity contribution in [1.29, 1.82) is 0 Å². The summed E-state index contributed by atoms with van der Waals surface area (Å²) in [4.78, 5) is 2.58. The van der Waals surface area contributed by atoms with Crippen LogP contribution in [0.2, 0.25) is 0 Å². The summed E-state index contributed by atoms with van der Waals surface area (Å²) in [7, 11) is 3.41. The number of hydrogen-bond acceptors (Lipinski definition) is 5. The maximum atomic E-state index is 10.7. The number of benzene rings is 3. The molecule has 3 aromatic carbocycles. The molecule has 0 amide bonds. The van der Waals surface area contributed by atoms with Crippen LogP contribution in [0.3, 0.4) is 0 Å². The summed E-state index contributed by atoms with van der Waals surface area (Å²) in [6, 6.07) is 22.6. The van der Waals surface area contributed by atoms with Gasteiger partial charge in [0.15, 0.2) is 11.5 Å². The van der Waals surface area contributed by atoms with Gasteiger partial charge in [-0.3, -0.25) is 4.90 Å². The molecule has 2 aliphatic rings. The van der Waals surface area contributed by atoms with Gasteiger partial charge in [0.2, 0.25) is 0 Å². The molecule has 1 fully saturated rings. The van der Waals surface area contributed by atoms with E-state index in [9.17, 15) is 5.11 Å². The number of ether oxygens (including phenoxy) is 3. The molecule has 5 nitrogen and oxygen atoms in total. The third-order valence-corrected chi connectivity index (χ3v) is 7.80. The van der Waals surface area contributed by atoms with Gasteiger partial charge < -0.3 is 19.3 Å². The van der Waals surface area contributed by atoms with Crippen molar-refractivity contribution >= 4 is 0 Å². The van der Waals surface area contributed by atoms with E-state index in [0.717, 1.165) is 69.2 Å². The molecule has 0 saturated carbocycles. The van der Waals surface area contributed by atoms with Gasteiger partial charge in [0, 0.05) is 43.2 Å². The van der Waals surface area contributed by atoms with Crippen molar-refractivity contribution in [3.8, 4) is 17.2 Å². The Balaban J connectivity index is 1.45. The quantitative estimate of drug-likeness (QED) is 0.491. The van der Waals surface area contributed by atoms with E-state index in [-0.39, 0.29) is 11.3 Å². The summed E-state index contributed by atoms with van der Waals surface area (Å²) >= 11 is 0. The number of rotatable bonds is 7. The highest BCUT2D eigenvalue weighted by atomic mass is 16.5. The van der Waals surface area contributed by atoms with Crippen LogP contribution in [-0.2, 0) is 16.7 Å². The first kappa shape index (κ1) is 23.7. The third-order valence-electron chi connectivity index (χ3n) is 7.80. The van der Waals surface area contributed by atoms with Crippen LogP contribution < -0.4 is 9.47 Å². The fourth-order valence-electron chi connectivity index (χ4n) is 5.98. The Kier molecular flexibility index (Phi) is 6.98. The number of aromatic hydroxyl groups is 1. The van der Waals surface area contributed by atoms with Crippen LogP contribution in [0, 0.1) is 0 Å². The standard InChI is InChI=1S/C30H35NO4/c1-33-28-18-23-20-31(21-30(13-16-35-17-14-30)26(23)19-29(28)34-2)15-12-24(22-8-4-3-5-9-22)25-10-6-7-11-27(25)32/h3-11,18-19,24,32H,12-17,20-21H2,1-2H3/t24-/m1/s1. The molecular weight excluding hydrogens is 438 g/mol. The number of hydrogen-bond donors (Lipinski definition) is 1. The Morgan fingerprint density at radius 3 is 2.34 bits per heavy atom. The molecule has 3 aromatic rings. The van der Waals surface area contributed by atoms with Crippen LogP contribution in [-0.4, -0.2) is 50.5 Å². The molecule has 184 valence electrons. The largest absolute Gasteiger partial charge is 0.508 e. The van der Waals surface area contributed by atoms with Crippen molar-refractivity contribution in [2.45, 2.75) is 37.1 Å². The van der Waals surface area contributed by atoms with Gasteiger partial charge in [-0.15, -0.1) is 0 Å². The topological polar surface area (TPSA) is 51.2 Å². The van der Waals surface area contributed by atoms with E-state index in [0.29, 0.717) is 5.75 Å². The molecule has 1 spiro atoms. The second-order valence-corrected chi connectivity index (χ2v) is 9.78. The highest BCUT2D eigenvalue weighted by molar-refractivity contribution is 5.51. The SMILES string of the molecule is COc1cc2c(cc1OC)C1(CCOCC1)CN(CC[C@H](c1ccccc1)c1ccccc1O)C2. The van der Waals surface area contributed by atoms with Gasteiger partial charge in [-0.25, -0.2) is 0 Å². The highest BCUT2D eigenvalue weighted by Crippen LogP contribution is 2.45. The smallest absolute Gasteiger partial charge is 0.161 e. The Bertz CT molecular complexity index is 1140. The van der Waals surface area contributed by atoms with E-state index >= 15 is 0 Å². The lowest BCUT2D eigenvalue weighted by Crippen LogP contribution is -2.49. The van der Waals surface area contributed by atoms with Crippen molar-refractivity contribution < 1.29 is 19.3 Å². The van der Waals surface area contributed by atoms with Crippen LogP contribution in [0.25, 0.3) is 0 Å². The van der Waals surface area contributed by atoms with Crippen LogP contribution in [0.1, 0.15) is 47.4 Å². The first-order valence-electron chi connectivity index (χ1n) is 12.5. The monoisotopic (exact) mass is 473 g/mol. The minimum atomic E-state index is 0.0580. The van der Waals surface area contributed by atoms with Gasteiger partial charge in [0.1, 0.15) is 5.75 Å². The van der Waals surface area contributed by atoms with Gasteiger partial charge in [-0.2, -0.15) is 0 Å². The summed E-state index contributed by atoms with van der Waals surface area (Å²) < 4.78 is 17.1. The van der Waals surface area contributed by atoms with E-state index in [1.165, 1.54) is 16.7 Å². The first-order valence-corrected chi connectivity index (χ1v) is 12.5. The Morgan fingerprint density at radius 1 is 0.943 bits per heavy atom. The summed E-state index contributed by atoms with van der Waals surface area (Å²) in [5, 5.41) is 10.7. The predicted molar refractivity (Wildman–Crippen MR) is 138 cm³/mol. The van der Waals surface area contributed by atoms with Crippen molar-refractivity contribution in [1.82, 2.24) is 4.90 Å². The summed E-state index contributed by atoms with van der Waals surface area (Å²) in [5.74, 6) is 2.08. The van der Waals surface area contributed by atoms with Crippen LogP contribution in [0.4, 0.5) is 0 Å². The van der Waals surface area contributed by atoms with Gasteiger partial charge in [0.25, 0.3) is 0 Å². The lowest BCUT2D eigenvalue weighted by atomic mass is 9.69. The number of nitrogens with zero attached hydrogens (tertiary/aromatic N) is 1. The van der Waals surface area contributed by atoms with Crippen molar-refractivity contribution in [3.63, 3.8) is 0 Å². The zero-order chi connectivity index (χ0) is 24.3. The Labute approximate surface area is 208 Å². The second kappa shape index (κ2) is 10.3. The molecule has 35 heavy (non-hydrogen) atoms. The molecule has 0 radical (unpaired) electrons. The molecule has 1 N–H and O–H groups in total. The summed E-state index contributed by atoms with van der Waals surface area (Å²) in [6.07, 6.45) is 2.94. The van der Waals surface area contributed by atoms with Gasteiger partial charge in [0.05, 0.1) is 14.2 Å². The highest BCUT2D eigenvalue weighted by Gasteiger charge is 2.41. The lowest BCUT2D eigenvalue weighted by molar-refractivity contribution is 0.0252. The van der Waals surface area contributed by atoms with Crippen LogP contribution in [0.15, 0.2) is 66.7 Å². The molecule has 2 aliphatic heterocycles. The second-order valence-electron chi connectivity index (χ2n) is 9.78. The molecule has 2 heterocycles. The van der Waals surface area contributed by atoms with Gasteiger partial charge in [-0.1, -0.05) is 48.5 Å². The summed E-state index contributed by atoms with van der Waals surface area (Å²) in [5.41, 5.74) is 4.98. The fourth-order valence-corrected chi connectivity index (χ4v) is 5.98. The van der Waals surface area contributed by atoms with Crippen molar-refractivity contribution in [3.05, 3.63) is 89.0 Å². The van der Waals surface area contributed by atoms with E-state index < -0.39 is 0 Å². The van der Waals surface area contributed by atoms with Crippen LogP contribution >= 0.6 is 0 Å². The molecule has 5 rings (SSSR count). The normalized spacial score (nSPS) is 18.1. The molecule has 5 heteroatoms. The Morgan fingerprint density at radius 2 is 1.63 bits per heavy atom. The van der Waals surface area contributed by atoms with Gasteiger partial charge >= 0.3 is 0 Å². The van der Waals surface area contributed by atoms with E-state index in [2.05, 4.69) is 47.4 Å². The molecular formula is C30H35NO4. The first-order chi connectivity index (χ1) is 17.1. The van der Waals surface area contributed by atoms with E-state index in [1.807, 2.05) is 18.2 Å². The molecule has 1 atom stereocenters. The third kappa shape index (κ3) is 4.75. The minimum Gasteiger partial charge on any atom is -0.508 e. The van der Waals surface area contributed by atoms with E-state index in [4.69, 9.17) is 14.2 Å². The molecule has 0 aliphatic carbocycles. The number of para-hydroxylation sites is 1. The van der Waals surface area contributed by atoms with E-state index in [1.54, 1.807) is 20.3 Å². The fraction of sp³-hybridized carbons (Fsp3) is 0.400. The number of phenolic OH excluding ortho intramolecular Hbond substituents is 1. The van der Waals surface area contributed by atoms with Crippen molar-refractivity contribution in [2.24, 2.45) is 0 Å². The number of methoxy groups -OCH3 is 2. The number of phenols is 1.